The lowest BCUT2D eigenvalue weighted by atomic mass is 10.2. The molecule has 4 heterocycles. The van der Waals surface area contributed by atoms with E-state index < -0.39 is 0 Å². The summed E-state index contributed by atoms with van der Waals surface area (Å²) in [6.45, 7) is 1.71. The zero-order chi connectivity index (χ0) is 17.2. The van der Waals surface area contributed by atoms with Gasteiger partial charge < -0.3 is 19.3 Å². The van der Waals surface area contributed by atoms with Crippen LogP contribution in [0.3, 0.4) is 0 Å². The maximum absolute atomic E-state index is 12.4. The van der Waals surface area contributed by atoms with Crippen LogP contribution in [0.2, 0.25) is 0 Å². The number of nitrogens with zero attached hydrogens (tertiary/aromatic N) is 4. The summed E-state index contributed by atoms with van der Waals surface area (Å²) < 4.78 is 6.71. The molecule has 25 heavy (non-hydrogen) atoms. The Labute approximate surface area is 148 Å². The molecular formula is C16H19N5O3S. The second-order valence-electron chi connectivity index (χ2n) is 6.20. The summed E-state index contributed by atoms with van der Waals surface area (Å²) in [5.41, 5.74) is 0.775. The van der Waals surface area contributed by atoms with Crippen LogP contribution >= 0.6 is 11.8 Å². The van der Waals surface area contributed by atoms with Crippen LogP contribution in [0.25, 0.3) is 0 Å². The Morgan fingerprint density at radius 1 is 1.28 bits per heavy atom. The third-order valence-corrected chi connectivity index (χ3v) is 5.68. The van der Waals surface area contributed by atoms with Gasteiger partial charge >= 0.3 is 0 Å². The third-order valence-electron chi connectivity index (χ3n) is 4.52. The number of hydrogen-bond acceptors (Lipinski definition) is 6. The molecule has 2 aromatic rings. The molecule has 2 amide bonds. The molecule has 2 aromatic heterocycles. The van der Waals surface area contributed by atoms with Gasteiger partial charge in [-0.25, -0.2) is 4.98 Å². The zero-order valence-corrected chi connectivity index (χ0v) is 14.5. The van der Waals surface area contributed by atoms with Gasteiger partial charge in [0.15, 0.2) is 5.69 Å². The van der Waals surface area contributed by atoms with E-state index in [0.29, 0.717) is 37.4 Å². The zero-order valence-electron chi connectivity index (χ0n) is 13.7. The molecule has 2 aliphatic rings. The average molecular weight is 361 g/mol. The second-order valence-corrected chi connectivity index (χ2v) is 7.35. The highest BCUT2D eigenvalue weighted by Gasteiger charge is 2.25. The van der Waals surface area contributed by atoms with Gasteiger partial charge in [0.1, 0.15) is 17.8 Å². The number of fused-ring (bicyclic) bond motifs is 1. The minimum absolute atomic E-state index is 0.108. The molecule has 2 aliphatic heterocycles. The molecule has 1 saturated heterocycles. The Balaban J connectivity index is 1.41. The van der Waals surface area contributed by atoms with Gasteiger partial charge in [-0.3, -0.25) is 9.59 Å². The summed E-state index contributed by atoms with van der Waals surface area (Å²) in [5.74, 6) is 2.65. The summed E-state index contributed by atoms with van der Waals surface area (Å²) in [4.78, 5) is 30.9. The Morgan fingerprint density at radius 3 is 2.96 bits per heavy atom. The maximum Gasteiger partial charge on any atom is 0.276 e. The summed E-state index contributed by atoms with van der Waals surface area (Å²) in [6, 6.07) is 1.81. The topological polar surface area (TPSA) is 93.3 Å². The van der Waals surface area contributed by atoms with Gasteiger partial charge in [-0.15, -0.1) is 0 Å². The van der Waals surface area contributed by atoms with Crippen molar-refractivity contribution in [2.45, 2.75) is 25.4 Å². The fraction of sp³-hybridized carbons (Fsp3) is 0.500. The Hall–Kier alpha value is -2.29. The van der Waals surface area contributed by atoms with E-state index >= 15 is 0 Å². The van der Waals surface area contributed by atoms with Crippen LogP contribution in [0.1, 0.15) is 33.2 Å². The van der Waals surface area contributed by atoms with Crippen molar-refractivity contribution in [3.05, 3.63) is 35.7 Å². The fourth-order valence-corrected chi connectivity index (χ4v) is 4.28. The van der Waals surface area contributed by atoms with Crippen molar-refractivity contribution < 1.29 is 14.1 Å². The first-order valence-electron chi connectivity index (χ1n) is 8.35. The molecule has 0 aliphatic carbocycles. The van der Waals surface area contributed by atoms with Crippen LogP contribution in [0, 0.1) is 0 Å². The van der Waals surface area contributed by atoms with Crippen molar-refractivity contribution in [2.75, 3.05) is 24.6 Å². The summed E-state index contributed by atoms with van der Waals surface area (Å²) >= 11 is 1.86. The lowest BCUT2D eigenvalue weighted by molar-refractivity contribution is 0.0748. The van der Waals surface area contributed by atoms with Crippen molar-refractivity contribution in [2.24, 2.45) is 0 Å². The van der Waals surface area contributed by atoms with Gasteiger partial charge in [0.05, 0.1) is 0 Å². The van der Waals surface area contributed by atoms with Gasteiger partial charge in [-0.05, 0) is 12.2 Å². The smallest absolute Gasteiger partial charge is 0.276 e. The quantitative estimate of drug-likeness (QED) is 0.869. The predicted octanol–water partition coefficient (Wildman–Crippen LogP) is 0.805. The molecule has 0 spiro atoms. The third kappa shape index (κ3) is 3.41. The molecule has 0 aromatic carbocycles. The normalized spacial score (nSPS) is 20.2. The largest absolute Gasteiger partial charge is 0.364 e. The molecule has 8 nitrogen and oxygen atoms in total. The lowest BCUT2D eigenvalue weighted by Gasteiger charge is -2.18. The molecule has 0 bridgehead atoms. The van der Waals surface area contributed by atoms with E-state index in [1.54, 1.807) is 17.2 Å². The molecule has 4 rings (SSSR count). The van der Waals surface area contributed by atoms with Crippen LogP contribution in [0.5, 0.6) is 0 Å². The molecule has 1 fully saturated rings. The molecule has 0 saturated carbocycles. The molecule has 1 atom stereocenters. The van der Waals surface area contributed by atoms with Crippen LogP contribution in [0.15, 0.2) is 23.0 Å². The Kier molecular flexibility index (Phi) is 4.48. The number of hydrogen-bond donors (Lipinski definition) is 1. The van der Waals surface area contributed by atoms with Crippen molar-refractivity contribution in [1.82, 2.24) is 24.9 Å². The number of nitrogens with one attached hydrogen (secondary N) is 1. The van der Waals surface area contributed by atoms with Gasteiger partial charge in [0.2, 0.25) is 0 Å². The van der Waals surface area contributed by atoms with Crippen molar-refractivity contribution in [3.63, 3.8) is 0 Å². The highest BCUT2D eigenvalue weighted by molar-refractivity contribution is 7.99. The first kappa shape index (κ1) is 16.2. The molecule has 1 N–H and O–H groups in total. The van der Waals surface area contributed by atoms with E-state index in [9.17, 15) is 9.59 Å². The number of thioether (sulfide) groups is 1. The molecule has 9 heteroatoms. The first-order chi connectivity index (χ1) is 12.2. The molecule has 132 valence electrons. The summed E-state index contributed by atoms with van der Waals surface area (Å²) in [6.07, 6.45) is 4.81. The Morgan fingerprint density at radius 2 is 2.20 bits per heavy atom. The van der Waals surface area contributed by atoms with E-state index in [4.69, 9.17) is 4.52 Å². The number of carbonyl (C=O) groups excluding carboxylic acids is 2. The van der Waals surface area contributed by atoms with Crippen molar-refractivity contribution >= 4 is 23.6 Å². The van der Waals surface area contributed by atoms with Gasteiger partial charge in [-0.1, -0.05) is 5.16 Å². The van der Waals surface area contributed by atoms with Crippen LogP contribution in [-0.2, 0) is 13.0 Å². The minimum atomic E-state index is -0.142. The van der Waals surface area contributed by atoms with Gasteiger partial charge in [0.25, 0.3) is 11.8 Å². The number of amides is 2. The number of imidazole rings is 1. The van der Waals surface area contributed by atoms with E-state index in [1.807, 2.05) is 16.3 Å². The highest BCUT2D eigenvalue weighted by atomic mass is 32.2. The lowest BCUT2D eigenvalue weighted by Crippen LogP contribution is -2.35. The SMILES string of the molecule is O=C(NC1CCSC1)c1cn2c(n1)CCN(C(=O)c1ccon1)CC2. The standard InChI is InChI=1S/C16H19N5O3S/c22-15(17-11-3-8-25-10-11)13-9-21-6-5-20(4-1-14(21)18-13)16(23)12-2-7-24-19-12/h2,7,9,11H,1,3-6,8,10H2,(H,17,22). The average Bonchev–Trinajstić information content (AvgIpc) is 3.34. The van der Waals surface area contributed by atoms with Crippen LogP contribution < -0.4 is 5.32 Å². The van der Waals surface area contributed by atoms with E-state index in [1.165, 1.54) is 6.26 Å². The maximum atomic E-state index is 12.4. The van der Waals surface area contributed by atoms with Crippen molar-refractivity contribution in [3.8, 4) is 0 Å². The van der Waals surface area contributed by atoms with E-state index in [0.717, 1.165) is 23.8 Å². The monoisotopic (exact) mass is 361 g/mol. The molecular weight excluding hydrogens is 342 g/mol. The van der Waals surface area contributed by atoms with Crippen LogP contribution in [-0.4, -0.2) is 62.1 Å². The van der Waals surface area contributed by atoms with Crippen molar-refractivity contribution in [1.29, 1.82) is 0 Å². The van der Waals surface area contributed by atoms with E-state index in [-0.39, 0.29) is 17.9 Å². The minimum Gasteiger partial charge on any atom is -0.364 e. The Bertz CT molecular complexity index is 741. The second kappa shape index (κ2) is 6.91. The number of rotatable bonds is 3. The van der Waals surface area contributed by atoms with Gasteiger partial charge in [0, 0.05) is 50.1 Å². The van der Waals surface area contributed by atoms with Crippen LogP contribution in [0.4, 0.5) is 0 Å². The predicted molar refractivity (Wildman–Crippen MR) is 91.5 cm³/mol. The summed E-state index contributed by atoms with van der Waals surface area (Å²) in [7, 11) is 0. The fourth-order valence-electron chi connectivity index (χ4n) is 3.13. The number of aromatic nitrogens is 3. The summed E-state index contributed by atoms with van der Waals surface area (Å²) in [5, 5.41) is 6.75. The number of carbonyl (C=O) groups is 2. The van der Waals surface area contributed by atoms with Gasteiger partial charge in [-0.2, -0.15) is 11.8 Å². The molecule has 0 radical (unpaired) electrons. The highest BCUT2D eigenvalue weighted by Crippen LogP contribution is 2.18. The van der Waals surface area contributed by atoms with E-state index in [2.05, 4.69) is 15.5 Å². The molecule has 1 unspecified atom stereocenters. The first-order valence-corrected chi connectivity index (χ1v) is 9.50.